The second kappa shape index (κ2) is 6.29. The van der Waals surface area contributed by atoms with Crippen LogP contribution in [0.2, 0.25) is 10.0 Å². The maximum Gasteiger partial charge on any atom is 0.251 e. The predicted molar refractivity (Wildman–Crippen MR) is 83.5 cm³/mol. The molecule has 1 amide bonds. The molecule has 2 rings (SSSR count). The molecular formula is C16H15Cl2NO. The zero-order valence-corrected chi connectivity index (χ0v) is 12.8. The number of halogens is 2. The van der Waals surface area contributed by atoms with Crippen molar-refractivity contribution in [2.75, 3.05) is 0 Å². The predicted octanol–water partition coefficient (Wildman–Crippen LogP) is 4.79. The highest BCUT2D eigenvalue weighted by atomic mass is 35.5. The molecule has 0 aliphatic heterocycles. The Labute approximate surface area is 128 Å². The third-order valence-corrected chi connectivity index (χ3v) is 3.65. The first-order valence-electron chi connectivity index (χ1n) is 6.30. The minimum atomic E-state index is -0.187. The average Bonchev–Trinajstić information content (AvgIpc) is 2.39. The van der Waals surface area contributed by atoms with E-state index in [-0.39, 0.29) is 11.9 Å². The summed E-state index contributed by atoms with van der Waals surface area (Å²) in [7, 11) is 0. The molecule has 0 saturated carbocycles. The highest BCUT2D eigenvalue weighted by Gasteiger charge is 2.14. The largest absolute Gasteiger partial charge is 0.345 e. The molecule has 0 saturated heterocycles. The molecule has 0 heterocycles. The summed E-state index contributed by atoms with van der Waals surface area (Å²) in [6.07, 6.45) is 0. The molecule has 0 aliphatic carbocycles. The van der Waals surface area contributed by atoms with Gasteiger partial charge in [0.25, 0.3) is 5.91 Å². The summed E-state index contributed by atoms with van der Waals surface area (Å²) in [6.45, 7) is 3.87. The normalized spacial score (nSPS) is 12.0. The number of rotatable bonds is 3. The standard InChI is InChI=1S/C16H15Cl2NO/c1-10-3-5-12(6-4-10)16(20)19-11(2)14-8-7-13(17)9-15(14)18/h3-9,11H,1-2H3,(H,19,20). The number of hydrogen-bond donors (Lipinski definition) is 1. The van der Waals surface area contributed by atoms with Crippen molar-refractivity contribution < 1.29 is 4.79 Å². The third-order valence-electron chi connectivity index (χ3n) is 3.09. The van der Waals surface area contributed by atoms with Gasteiger partial charge in [-0.25, -0.2) is 0 Å². The van der Waals surface area contributed by atoms with E-state index >= 15 is 0 Å². The molecule has 0 radical (unpaired) electrons. The number of carbonyl (C=O) groups excluding carboxylic acids is 1. The second-order valence-corrected chi connectivity index (χ2v) is 5.57. The van der Waals surface area contributed by atoms with Gasteiger partial charge in [-0.3, -0.25) is 4.79 Å². The van der Waals surface area contributed by atoms with Gasteiger partial charge in [0.2, 0.25) is 0 Å². The fraction of sp³-hybridized carbons (Fsp3) is 0.188. The van der Waals surface area contributed by atoms with Crippen LogP contribution in [0.5, 0.6) is 0 Å². The van der Waals surface area contributed by atoms with Crippen molar-refractivity contribution >= 4 is 29.1 Å². The van der Waals surface area contributed by atoms with Crippen molar-refractivity contribution in [3.63, 3.8) is 0 Å². The van der Waals surface area contributed by atoms with E-state index < -0.39 is 0 Å². The topological polar surface area (TPSA) is 29.1 Å². The lowest BCUT2D eigenvalue weighted by atomic mass is 10.1. The van der Waals surface area contributed by atoms with Gasteiger partial charge in [-0.2, -0.15) is 0 Å². The molecule has 2 aromatic carbocycles. The van der Waals surface area contributed by atoms with Crippen LogP contribution in [0.15, 0.2) is 42.5 Å². The Hall–Kier alpha value is -1.51. The van der Waals surface area contributed by atoms with Gasteiger partial charge in [0, 0.05) is 15.6 Å². The van der Waals surface area contributed by atoms with Crippen molar-refractivity contribution in [2.45, 2.75) is 19.9 Å². The zero-order valence-electron chi connectivity index (χ0n) is 11.3. The highest BCUT2D eigenvalue weighted by molar-refractivity contribution is 6.35. The summed E-state index contributed by atoms with van der Waals surface area (Å²) in [5.41, 5.74) is 2.60. The first kappa shape index (κ1) is 14.9. The number of benzene rings is 2. The highest BCUT2D eigenvalue weighted by Crippen LogP contribution is 2.26. The SMILES string of the molecule is Cc1ccc(C(=O)NC(C)c2ccc(Cl)cc2Cl)cc1. The van der Waals surface area contributed by atoms with E-state index in [9.17, 15) is 4.79 Å². The van der Waals surface area contributed by atoms with Gasteiger partial charge in [0.15, 0.2) is 0 Å². The van der Waals surface area contributed by atoms with E-state index in [1.807, 2.05) is 32.0 Å². The van der Waals surface area contributed by atoms with Gasteiger partial charge >= 0.3 is 0 Å². The number of nitrogens with one attached hydrogen (secondary N) is 1. The van der Waals surface area contributed by atoms with E-state index in [0.717, 1.165) is 11.1 Å². The summed E-state index contributed by atoms with van der Waals surface area (Å²) in [5.74, 6) is -0.122. The molecule has 0 spiro atoms. The monoisotopic (exact) mass is 307 g/mol. The van der Waals surface area contributed by atoms with Crippen LogP contribution in [0.4, 0.5) is 0 Å². The van der Waals surface area contributed by atoms with Crippen LogP contribution in [0.1, 0.15) is 34.5 Å². The van der Waals surface area contributed by atoms with Gasteiger partial charge in [-0.15, -0.1) is 0 Å². The van der Waals surface area contributed by atoms with Gasteiger partial charge in [0.05, 0.1) is 6.04 Å². The lowest BCUT2D eigenvalue weighted by Crippen LogP contribution is -2.26. The Balaban J connectivity index is 2.12. The quantitative estimate of drug-likeness (QED) is 0.867. The van der Waals surface area contributed by atoms with Gasteiger partial charge in [-0.1, -0.05) is 47.0 Å². The molecular weight excluding hydrogens is 293 g/mol. The minimum Gasteiger partial charge on any atom is -0.345 e. The summed E-state index contributed by atoms with van der Waals surface area (Å²) < 4.78 is 0. The molecule has 20 heavy (non-hydrogen) atoms. The van der Waals surface area contributed by atoms with Gasteiger partial charge in [0.1, 0.15) is 0 Å². The number of aryl methyl sites for hydroxylation is 1. The fourth-order valence-electron chi connectivity index (χ4n) is 1.92. The Morgan fingerprint density at radius 2 is 1.75 bits per heavy atom. The molecule has 104 valence electrons. The summed E-state index contributed by atoms with van der Waals surface area (Å²) in [4.78, 5) is 12.1. The van der Waals surface area contributed by atoms with E-state index in [2.05, 4.69) is 5.32 Å². The van der Waals surface area contributed by atoms with Crippen LogP contribution >= 0.6 is 23.2 Å². The van der Waals surface area contributed by atoms with Crippen LogP contribution in [0, 0.1) is 6.92 Å². The average molecular weight is 308 g/mol. The molecule has 2 aromatic rings. The molecule has 0 bridgehead atoms. The summed E-state index contributed by atoms with van der Waals surface area (Å²) in [6, 6.07) is 12.5. The number of carbonyl (C=O) groups is 1. The molecule has 4 heteroatoms. The first-order chi connectivity index (χ1) is 9.47. The van der Waals surface area contributed by atoms with Gasteiger partial charge in [-0.05, 0) is 43.7 Å². The van der Waals surface area contributed by atoms with Crippen molar-refractivity contribution in [2.24, 2.45) is 0 Å². The number of hydrogen-bond acceptors (Lipinski definition) is 1. The molecule has 0 aromatic heterocycles. The lowest BCUT2D eigenvalue weighted by Gasteiger charge is -2.16. The van der Waals surface area contributed by atoms with E-state index in [1.165, 1.54) is 0 Å². The van der Waals surface area contributed by atoms with Crippen LogP contribution in [-0.2, 0) is 0 Å². The second-order valence-electron chi connectivity index (χ2n) is 4.73. The fourth-order valence-corrected chi connectivity index (χ4v) is 2.49. The first-order valence-corrected chi connectivity index (χ1v) is 7.05. The van der Waals surface area contributed by atoms with Gasteiger partial charge < -0.3 is 5.32 Å². The van der Waals surface area contributed by atoms with Crippen LogP contribution < -0.4 is 5.32 Å². The summed E-state index contributed by atoms with van der Waals surface area (Å²) in [5, 5.41) is 4.06. The molecule has 0 fully saturated rings. The molecule has 0 aliphatic rings. The van der Waals surface area contributed by atoms with Crippen molar-refractivity contribution in [1.82, 2.24) is 5.32 Å². The maximum atomic E-state index is 12.1. The van der Waals surface area contributed by atoms with E-state index in [4.69, 9.17) is 23.2 Å². The van der Waals surface area contributed by atoms with Crippen molar-refractivity contribution in [1.29, 1.82) is 0 Å². The van der Waals surface area contributed by atoms with Crippen LogP contribution in [0.25, 0.3) is 0 Å². The molecule has 1 atom stereocenters. The van der Waals surface area contributed by atoms with Crippen LogP contribution in [0.3, 0.4) is 0 Å². The van der Waals surface area contributed by atoms with Crippen molar-refractivity contribution in [3.8, 4) is 0 Å². The lowest BCUT2D eigenvalue weighted by molar-refractivity contribution is 0.0940. The van der Waals surface area contributed by atoms with E-state index in [1.54, 1.807) is 24.3 Å². The molecule has 1 unspecified atom stereocenters. The Bertz CT molecular complexity index is 623. The molecule has 2 nitrogen and oxygen atoms in total. The number of amides is 1. The zero-order chi connectivity index (χ0) is 14.7. The smallest absolute Gasteiger partial charge is 0.251 e. The Morgan fingerprint density at radius 3 is 2.35 bits per heavy atom. The van der Waals surface area contributed by atoms with E-state index in [0.29, 0.717) is 15.6 Å². The summed E-state index contributed by atoms with van der Waals surface area (Å²) >= 11 is 12.0. The molecule has 1 N–H and O–H groups in total. The minimum absolute atomic E-state index is 0.122. The Morgan fingerprint density at radius 1 is 1.10 bits per heavy atom. The van der Waals surface area contributed by atoms with Crippen LogP contribution in [-0.4, -0.2) is 5.91 Å². The Kier molecular flexibility index (Phi) is 4.69. The third kappa shape index (κ3) is 3.53. The maximum absolute atomic E-state index is 12.1. The van der Waals surface area contributed by atoms with Crippen molar-refractivity contribution in [3.05, 3.63) is 69.2 Å².